The molecule has 8 rings (SSSR count). The van der Waals surface area contributed by atoms with E-state index in [1.165, 1.54) is 24.3 Å². The number of cyclic esters (lactones) is 1. The summed E-state index contributed by atoms with van der Waals surface area (Å²) in [6.07, 6.45) is -0.879. The van der Waals surface area contributed by atoms with E-state index in [1.807, 2.05) is 42.5 Å². The second-order valence-corrected chi connectivity index (χ2v) is 11.1. The first-order valence-electron chi connectivity index (χ1n) is 14.2. The third-order valence-corrected chi connectivity index (χ3v) is 8.68. The quantitative estimate of drug-likeness (QED) is 0.112. The number of nitro groups is 1. The van der Waals surface area contributed by atoms with Gasteiger partial charge in [-0.2, -0.15) is 0 Å². The van der Waals surface area contributed by atoms with Crippen molar-refractivity contribution in [2.45, 2.75) is 12.0 Å². The van der Waals surface area contributed by atoms with Gasteiger partial charge >= 0.3 is 11.9 Å². The number of carbonyl (C=O) groups is 2. The molecule has 1 fully saturated rings. The maximum atomic E-state index is 13.5. The van der Waals surface area contributed by atoms with E-state index in [1.54, 1.807) is 13.2 Å². The molecule has 0 unspecified atom stereocenters. The number of para-hydroxylation sites is 2. The minimum absolute atomic E-state index is 0.0253. The van der Waals surface area contributed by atoms with Crippen LogP contribution in [0.4, 0.5) is 5.69 Å². The molecule has 0 N–H and O–H groups in total. The van der Waals surface area contributed by atoms with Crippen LogP contribution in [-0.2, 0) is 14.3 Å². The fraction of sp³-hybridized carbons (Fsp3) is 0.212. The predicted octanol–water partition coefficient (Wildman–Crippen LogP) is 5.26. The maximum absolute atomic E-state index is 13.5. The first-order valence-corrected chi connectivity index (χ1v) is 14.2. The molecule has 45 heavy (non-hydrogen) atoms. The van der Waals surface area contributed by atoms with Crippen molar-refractivity contribution in [1.82, 2.24) is 9.97 Å². The maximum Gasteiger partial charge on any atom is 0.338 e. The lowest BCUT2D eigenvalue weighted by Gasteiger charge is -2.38. The minimum atomic E-state index is -0.879. The van der Waals surface area contributed by atoms with Crippen molar-refractivity contribution in [2.24, 2.45) is 11.8 Å². The molecule has 224 valence electrons. The molecule has 0 radical (unpaired) electrons. The summed E-state index contributed by atoms with van der Waals surface area (Å²) in [6, 6.07) is 20.1. The van der Waals surface area contributed by atoms with E-state index in [0.29, 0.717) is 44.9 Å². The number of carbonyl (C=O) groups excluding carboxylic acids is 2. The van der Waals surface area contributed by atoms with Crippen molar-refractivity contribution in [1.29, 1.82) is 0 Å². The van der Waals surface area contributed by atoms with Crippen LogP contribution in [0.15, 0.2) is 72.8 Å². The average molecular weight is 606 g/mol. The molecule has 0 spiro atoms. The van der Waals surface area contributed by atoms with Crippen LogP contribution in [0.25, 0.3) is 22.1 Å². The Balaban J connectivity index is 1.28. The lowest BCUT2D eigenvalue weighted by Crippen LogP contribution is -2.36. The van der Waals surface area contributed by atoms with Gasteiger partial charge < -0.3 is 23.7 Å². The molecule has 0 amide bonds. The van der Waals surface area contributed by atoms with Gasteiger partial charge in [0.2, 0.25) is 6.79 Å². The summed E-state index contributed by atoms with van der Waals surface area (Å²) in [5.74, 6) is -1.42. The van der Waals surface area contributed by atoms with E-state index < -0.39 is 40.7 Å². The highest BCUT2D eigenvalue weighted by atomic mass is 16.7. The van der Waals surface area contributed by atoms with Crippen LogP contribution in [0, 0.1) is 22.0 Å². The number of nitro benzene ring substituents is 1. The fourth-order valence-corrected chi connectivity index (χ4v) is 6.62. The summed E-state index contributed by atoms with van der Waals surface area (Å²) >= 11 is 0. The molecule has 0 saturated carbocycles. The number of esters is 2. The molecular formula is C33H23N3O9. The van der Waals surface area contributed by atoms with Gasteiger partial charge in [0.15, 0.2) is 11.5 Å². The first-order chi connectivity index (χ1) is 21.9. The Morgan fingerprint density at radius 2 is 1.62 bits per heavy atom. The summed E-state index contributed by atoms with van der Waals surface area (Å²) in [5.41, 5.74) is 4.70. The van der Waals surface area contributed by atoms with Crippen LogP contribution in [0.1, 0.15) is 39.1 Å². The zero-order valence-corrected chi connectivity index (χ0v) is 23.7. The van der Waals surface area contributed by atoms with E-state index in [-0.39, 0.29) is 24.7 Å². The van der Waals surface area contributed by atoms with Crippen LogP contribution in [-0.4, -0.2) is 47.3 Å². The Morgan fingerprint density at radius 1 is 0.911 bits per heavy atom. The molecule has 1 aromatic heterocycles. The van der Waals surface area contributed by atoms with Crippen molar-refractivity contribution in [2.75, 3.05) is 20.5 Å². The standard InChI is InChI=1S/C33H23N3O9/c1-41-27-11-17(10-24-30(27)35-23-5-3-2-4-22(23)34-24)28-19-12-25-26(44-15-43-25)13-20(19)31(21-14-42-33(38)29(21)28)45-32(37)16-6-8-18(9-7-16)36(39)40/h2-13,21,28-29,31H,14-15H2,1H3/t21-,28+,29-,31+/m0/s1. The number of hydrogen-bond acceptors (Lipinski definition) is 11. The number of aromatic nitrogens is 2. The average Bonchev–Trinajstić information content (AvgIpc) is 3.68. The van der Waals surface area contributed by atoms with E-state index in [2.05, 4.69) is 0 Å². The monoisotopic (exact) mass is 605 g/mol. The topological polar surface area (TPSA) is 149 Å². The zero-order chi connectivity index (χ0) is 30.8. The molecule has 12 heteroatoms. The normalized spacial score (nSPS) is 21.2. The van der Waals surface area contributed by atoms with Gasteiger partial charge in [-0.15, -0.1) is 0 Å². The lowest BCUT2D eigenvalue weighted by atomic mass is 9.66. The summed E-state index contributed by atoms with van der Waals surface area (Å²) in [7, 11) is 1.56. The molecule has 1 aliphatic carbocycles. The van der Waals surface area contributed by atoms with Gasteiger partial charge in [0.25, 0.3) is 5.69 Å². The van der Waals surface area contributed by atoms with Crippen molar-refractivity contribution >= 4 is 39.7 Å². The summed E-state index contributed by atoms with van der Waals surface area (Å²) in [6.45, 7) is 0.0543. The Hall–Kier alpha value is -5.78. The van der Waals surface area contributed by atoms with Gasteiger partial charge in [0.05, 0.1) is 46.7 Å². The fourth-order valence-electron chi connectivity index (χ4n) is 6.62. The Kier molecular flexibility index (Phi) is 6.05. The largest absolute Gasteiger partial charge is 0.494 e. The molecule has 4 aromatic carbocycles. The number of nitrogens with zero attached hydrogens (tertiary/aromatic N) is 3. The lowest BCUT2D eigenvalue weighted by molar-refractivity contribution is -0.384. The van der Waals surface area contributed by atoms with E-state index in [0.717, 1.165) is 11.1 Å². The predicted molar refractivity (Wildman–Crippen MR) is 157 cm³/mol. The molecule has 2 aliphatic heterocycles. The smallest absolute Gasteiger partial charge is 0.338 e. The van der Waals surface area contributed by atoms with E-state index in [9.17, 15) is 19.7 Å². The molecule has 5 aromatic rings. The van der Waals surface area contributed by atoms with Gasteiger partial charge in [0.1, 0.15) is 17.4 Å². The first kappa shape index (κ1) is 26.8. The minimum Gasteiger partial charge on any atom is -0.494 e. The highest BCUT2D eigenvalue weighted by Gasteiger charge is 2.54. The summed E-state index contributed by atoms with van der Waals surface area (Å²) in [5, 5.41) is 11.1. The second-order valence-electron chi connectivity index (χ2n) is 11.1. The summed E-state index contributed by atoms with van der Waals surface area (Å²) in [4.78, 5) is 47.1. The van der Waals surface area contributed by atoms with Crippen LogP contribution in [0.3, 0.4) is 0 Å². The number of non-ortho nitro benzene ring substituents is 1. The van der Waals surface area contributed by atoms with Gasteiger partial charge in [-0.1, -0.05) is 12.1 Å². The van der Waals surface area contributed by atoms with E-state index in [4.69, 9.17) is 33.7 Å². The second kappa shape index (κ2) is 10.2. The van der Waals surface area contributed by atoms with Crippen molar-refractivity contribution < 1.29 is 38.2 Å². The van der Waals surface area contributed by atoms with Gasteiger partial charge in [-0.25, -0.2) is 14.8 Å². The highest BCUT2D eigenvalue weighted by molar-refractivity contribution is 5.91. The molecular weight excluding hydrogens is 582 g/mol. The van der Waals surface area contributed by atoms with Crippen LogP contribution in [0.5, 0.6) is 17.2 Å². The van der Waals surface area contributed by atoms with Crippen LogP contribution < -0.4 is 14.2 Å². The third-order valence-electron chi connectivity index (χ3n) is 8.68. The highest BCUT2D eigenvalue weighted by Crippen LogP contribution is 2.56. The van der Waals surface area contributed by atoms with Crippen molar-refractivity contribution in [3.63, 3.8) is 0 Å². The molecule has 12 nitrogen and oxygen atoms in total. The number of methoxy groups -OCH3 is 1. The number of ether oxygens (including phenoxy) is 5. The molecule has 3 aliphatic rings. The SMILES string of the molecule is COc1cc([C@@H]2c3cc4c(cc3[C@@H](OC(=O)c3ccc([N+](=O)[O-])cc3)[C@H]3COC(=O)[C@H]23)OCO4)cc2nc3ccccc3nc12. The number of fused-ring (bicyclic) bond motifs is 5. The number of benzene rings is 4. The van der Waals surface area contributed by atoms with Crippen LogP contribution >= 0.6 is 0 Å². The van der Waals surface area contributed by atoms with Gasteiger partial charge in [-0.05, 0) is 59.7 Å². The number of rotatable bonds is 5. The number of hydrogen-bond donors (Lipinski definition) is 0. The Labute approximate surface area is 254 Å². The Morgan fingerprint density at radius 3 is 2.33 bits per heavy atom. The summed E-state index contributed by atoms with van der Waals surface area (Å²) < 4.78 is 28.9. The van der Waals surface area contributed by atoms with Crippen molar-refractivity contribution in [3.05, 3.63) is 105 Å². The zero-order valence-electron chi connectivity index (χ0n) is 23.7. The van der Waals surface area contributed by atoms with E-state index >= 15 is 0 Å². The molecule has 1 saturated heterocycles. The van der Waals surface area contributed by atoms with Crippen molar-refractivity contribution in [3.8, 4) is 17.2 Å². The Bertz CT molecular complexity index is 2060. The van der Waals surface area contributed by atoms with Crippen LogP contribution in [0.2, 0.25) is 0 Å². The van der Waals surface area contributed by atoms with Gasteiger partial charge in [0, 0.05) is 29.5 Å². The molecule has 0 bridgehead atoms. The molecule has 3 heterocycles. The molecule has 4 atom stereocenters. The third kappa shape index (κ3) is 4.28. The van der Waals surface area contributed by atoms with Gasteiger partial charge in [-0.3, -0.25) is 14.9 Å².